The SMILES string of the molecule is CC(C)[C@@H]1CC[C@@H](Cc2ccc(Cl)cc2)[C@@]1(O)Cn1cncn1. The summed E-state index contributed by atoms with van der Waals surface area (Å²) in [6, 6.07) is 7.95. The Bertz CT molecular complexity index is 626. The van der Waals surface area contributed by atoms with E-state index in [9.17, 15) is 5.11 Å². The molecule has 3 atom stereocenters. The van der Waals surface area contributed by atoms with Gasteiger partial charge in [0.05, 0.1) is 12.1 Å². The van der Waals surface area contributed by atoms with Crippen molar-refractivity contribution in [3.8, 4) is 0 Å². The maximum Gasteiger partial charge on any atom is 0.137 e. The van der Waals surface area contributed by atoms with E-state index < -0.39 is 5.60 Å². The van der Waals surface area contributed by atoms with Crippen LogP contribution in [0.15, 0.2) is 36.9 Å². The van der Waals surface area contributed by atoms with Crippen LogP contribution in [0, 0.1) is 17.8 Å². The van der Waals surface area contributed by atoms with E-state index in [0.29, 0.717) is 12.5 Å². The summed E-state index contributed by atoms with van der Waals surface area (Å²) < 4.78 is 1.76. The van der Waals surface area contributed by atoms with Crippen molar-refractivity contribution in [1.29, 1.82) is 0 Å². The molecule has 0 radical (unpaired) electrons. The van der Waals surface area contributed by atoms with Gasteiger partial charge in [0, 0.05) is 5.02 Å². The quantitative estimate of drug-likeness (QED) is 0.909. The third-order valence-corrected chi connectivity index (χ3v) is 5.51. The van der Waals surface area contributed by atoms with E-state index in [1.165, 1.54) is 11.9 Å². The fraction of sp³-hybridized carbons (Fsp3) is 0.556. The first kappa shape index (κ1) is 16.5. The Kier molecular flexibility index (Phi) is 4.74. The normalized spacial score (nSPS) is 27.7. The number of hydrogen-bond donors (Lipinski definition) is 1. The number of hydrogen-bond acceptors (Lipinski definition) is 3. The zero-order valence-corrected chi connectivity index (χ0v) is 14.4. The molecule has 5 heteroatoms. The van der Waals surface area contributed by atoms with Gasteiger partial charge in [0.25, 0.3) is 0 Å². The Morgan fingerprint density at radius 1 is 1.30 bits per heavy atom. The second kappa shape index (κ2) is 6.62. The van der Waals surface area contributed by atoms with Crippen LogP contribution < -0.4 is 0 Å². The first-order valence-corrected chi connectivity index (χ1v) is 8.66. The summed E-state index contributed by atoms with van der Waals surface area (Å²) in [6.45, 7) is 4.90. The molecule has 1 N–H and O–H groups in total. The minimum absolute atomic E-state index is 0.222. The van der Waals surface area contributed by atoms with E-state index in [0.717, 1.165) is 24.3 Å². The Morgan fingerprint density at radius 3 is 2.65 bits per heavy atom. The molecule has 1 aliphatic carbocycles. The van der Waals surface area contributed by atoms with E-state index in [1.807, 2.05) is 12.1 Å². The largest absolute Gasteiger partial charge is 0.387 e. The first-order valence-electron chi connectivity index (χ1n) is 8.28. The lowest BCUT2D eigenvalue weighted by Crippen LogP contribution is -2.46. The topological polar surface area (TPSA) is 50.9 Å². The number of nitrogens with zero attached hydrogens (tertiary/aromatic N) is 3. The van der Waals surface area contributed by atoms with Gasteiger partial charge in [-0.25, -0.2) is 4.98 Å². The second-order valence-corrected chi connectivity index (χ2v) is 7.48. The van der Waals surface area contributed by atoms with Crippen LogP contribution in [0.3, 0.4) is 0 Å². The Labute approximate surface area is 142 Å². The van der Waals surface area contributed by atoms with Gasteiger partial charge < -0.3 is 5.11 Å². The van der Waals surface area contributed by atoms with Crippen molar-refractivity contribution in [3.05, 3.63) is 47.5 Å². The van der Waals surface area contributed by atoms with Crippen molar-refractivity contribution >= 4 is 11.6 Å². The number of aromatic nitrogens is 3. The highest BCUT2D eigenvalue weighted by Crippen LogP contribution is 2.46. The van der Waals surface area contributed by atoms with E-state index >= 15 is 0 Å². The molecule has 1 aromatic heterocycles. The average Bonchev–Trinajstić information content (AvgIpc) is 3.10. The molecule has 0 bridgehead atoms. The van der Waals surface area contributed by atoms with E-state index in [1.54, 1.807) is 11.0 Å². The van der Waals surface area contributed by atoms with Crippen LogP contribution >= 0.6 is 11.6 Å². The molecule has 3 rings (SSSR count). The Morgan fingerprint density at radius 2 is 2.04 bits per heavy atom. The van der Waals surface area contributed by atoms with E-state index in [4.69, 9.17) is 11.6 Å². The number of aliphatic hydroxyl groups is 1. The van der Waals surface area contributed by atoms with Crippen LogP contribution in [0.2, 0.25) is 5.02 Å². The van der Waals surface area contributed by atoms with Gasteiger partial charge in [-0.3, -0.25) is 4.68 Å². The van der Waals surface area contributed by atoms with Crippen LogP contribution in [0.5, 0.6) is 0 Å². The summed E-state index contributed by atoms with van der Waals surface area (Å²) >= 11 is 5.98. The number of benzene rings is 1. The fourth-order valence-electron chi connectivity index (χ4n) is 4.10. The van der Waals surface area contributed by atoms with Gasteiger partial charge in [-0.2, -0.15) is 5.10 Å². The average molecular weight is 334 g/mol. The third kappa shape index (κ3) is 3.43. The summed E-state index contributed by atoms with van der Waals surface area (Å²) in [7, 11) is 0. The highest BCUT2D eigenvalue weighted by molar-refractivity contribution is 6.30. The van der Waals surface area contributed by atoms with Crippen LogP contribution in [0.25, 0.3) is 0 Å². The van der Waals surface area contributed by atoms with Crippen molar-refractivity contribution in [2.75, 3.05) is 0 Å². The minimum atomic E-state index is -0.749. The number of halogens is 1. The summed E-state index contributed by atoms with van der Waals surface area (Å²) in [6.07, 6.45) is 6.17. The maximum atomic E-state index is 11.6. The van der Waals surface area contributed by atoms with E-state index in [-0.39, 0.29) is 11.8 Å². The molecule has 23 heavy (non-hydrogen) atoms. The molecular formula is C18H24ClN3O. The van der Waals surface area contributed by atoms with Crippen LogP contribution in [-0.4, -0.2) is 25.5 Å². The van der Waals surface area contributed by atoms with E-state index in [2.05, 4.69) is 36.1 Å². The molecule has 1 aliphatic rings. The lowest BCUT2D eigenvalue weighted by molar-refractivity contribution is -0.0667. The summed E-state index contributed by atoms with van der Waals surface area (Å²) in [5.41, 5.74) is 0.474. The fourth-order valence-corrected chi connectivity index (χ4v) is 4.22. The molecule has 0 amide bonds. The second-order valence-electron chi connectivity index (χ2n) is 7.04. The van der Waals surface area contributed by atoms with Gasteiger partial charge >= 0.3 is 0 Å². The predicted octanol–water partition coefficient (Wildman–Crippen LogP) is 3.59. The molecule has 1 fully saturated rings. The lowest BCUT2D eigenvalue weighted by Gasteiger charge is -2.37. The Hall–Kier alpha value is -1.39. The Balaban J connectivity index is 1.83. The van der Waals surface area contributed by atoms with Gasteiger partial charge in [0.2, 0.25) is 0 Å². The number of rotatable bonds is 5. The molecule has 0 saturated heterocycles. The zero-order chi connectivity index (χ0) is 16.4. The molecule has 0 aliphatic heterocycles. The summed E-state index contributed by atoms with van der Waals surface area (Å²) in [5.74, 6) is 0.947. The van der Waals surface area contributed by atoms with Crippen molar-refractivity contribution in [1.82, 2.24) is 14.8 Å². The van der Waals surface area contributed by atoms with Gasteiger partial charge in [0.1, 0.15) is 12.7 Å². The van der Waals surface area contributed by atoms with Gasteiger partial charge in [0.15, 0.2) is 0 Å². The molecule has 1 saturated carbocycles. The van der Waals surface area contributed by atoms with Crippen LogP contribution in [0.4, 0.5) is 0 Å². The molecule has 1 aromatic carbocycles. The highest BCUT2D eigenvalue weighted by atomic mass is 35.5. The minimum Gasteiger partial charge on any atom is -0.387 e. The van der Waals surface area contributed by atoms with Crippen molar-refractivity contribution in [2.24, 2.45) is 17.8 Å². The third-order valence-electron chi connectivity index (χ3n) is 5.26. The molecule has 2 aromatic rings. The van der Waals surface area contributed by atoms with Crippen molar-refractivity contribution < 1.29 is 5.11 Å². The van der Waals surface area contributed by atoms with Crippen molar-refractivity contribution in [3.63, 3.8) is 0 Å². The van der Waals surface area contributed by atoms with Gasteiger partial charge in [-0.1, -0.05) is 37.6 Å². The summed E-state index contributed by atoms with van der Waals surface area (Å²) in [4.78, 5) is 4.01. The smallest absolute Gasteiger partial charge is 0.137 e. The van der Waals surface area contributed by atoms with Crippen molar-refractivity contribution in [2.45, 2.75) is 45.3 Å². The standard InChI is InChI=1S/C18H24ClN3O/c1-13(2)17-8-5-15(9-14-3-6-16(19)7-4-14)18(17,23)10-22-12-20-11-21-22/h3-4,6-7,11-13,15,17,23H,5,8-10H2,1-2H3/t15-,17-,18-/m0/s1. The lowest BCUT2D eigenvalue weighted by atomic mass is 9.76. The molecule has 4 nitrogen and oxygen atoms in total. The summed E-state index contributed by atoms with van der Waals surface area (Å²) in [5, 5.41) is 16.5. The van der Waals surface area contributed by atoms with Crippen LogP contribution in [-0.2, 0) is 13.0 Å². The first-order chi connectivity index (χ1) is 11.0. The maximum absolute atomic E-state index is 11.6. The molecule has 124 valence electrons. The van der Waals surface area contributed by atoms with Gasteiger partial charge in [-0.15, -0.1) is 0 Å². The molecular weight excluding hydrogens is 310 g/mol. The predicted molar refractivity (Wildman–Crippen MR) is 91.2 cm³/mol. The highest BCUT2D eigenvalue weighted by Gasteiger charge is 2.50. The zero-order valence-electron chi connectivity index (χ0n) is 13.7. The molecule has 0 spiro atoms. The monoisotopic (exact) mass is 333 g/mol. The van der Waals surface area contributed by atoms with Crippen LogP contribution in [0.1, 0.15) is 32.3 Å². The molecule has 1 heterocycles. The molecule has 0 unspecified atom stereocenters. The van der Waals surface area contributed by atoms with Gasteiger partial charge in [-0.05, 0) is 54.7 Å².